The Kier molecular flexibility index (Phi) is 5.88. The number of amidine groups is 1. The highest BCUT2D eigenvalue weighted by molar-refractivity contribution is 8.18. The van der Waals surface area contributed by atoms with Crippen molar-refractivity contribution in [1.29, 1.82) is 0 Å². The van der Waals surface area contributed by atoms with Gasteiger partial charge in [-0.3, -0.25) is 9.59 Å². The van der Waals surface area contributed by atoms with Crippen LogP contribution in [0.4, 0.5) is 11.4 Å². The number of rotatable bonds is 4. The van der Waals surface area contributed by atoms with Gasteiger partial charge < -0.3 is 10.6 Å². The lowest BCUT2D eigenvalue weighted by molar-refractivity contribution is -0.115. The number of aliphatic imine (C=N–C) groups is 1. The Morgan fingerprint density at radius 3 is 2.44 bits per heavy atom. The van der Waals surface area contributed by atoms with Gasteiger partial charge in [-0.2, -0.15) is 0 Å². The number of allylic oxidation sites excluding steroid dienone is 2. The number of anilines is 1. The van der Waals surface area contributed by atoms with Gasteiger partial charge in [0, 0.05) is 12.6 Å². The van der Waals surface area contributed by atoms with Gasteiger partial charge in [0.15, 0.2) is 5.17 Å². The van der Waals surface area contributed by atoms with Crippen LogP contribution in [0.25, 0.3) is 6.08 Å². The third-order valence-electron chi connectivity index (χ3n) is 3.62. The Balaban J connectivity index is 1.72. The van der Waals surface area contributed by atoms with Gasteiger partial charge in [-0.1, -0.05) is 36.4 Å². The molecule has 2 aromatic carbocycles. The molecule has 1 aliphatic rings. The first kappa shape index (κ1) is 18.7. The fourth-order valence-electron chi connectivity index (χ4n) is 2.48. The van der Waals surface area contributed by atoms with Gasteiger partial charge in [-0.25, -0.2) is 4.99 Å². The molecule has 1 fully saturated rings. The van der Waals surface area contributed by atoms with Crippen LogP contribution in [0.3, 0.4) is 0 Å². The predicted molar refractivity (Wildman–Crippen MR) is 112 cm³/mol. The van der Waals surface area contributed by atoms with Gasteiger partial charge in [0.2, 0.25) is 5.91 Å². The van der Waals surface area contributed by atoms with Crippen LogP contribution in [0, 0.1) is 0 Å². The lowest BCUT2D eigenvalue weighted by Gasteiger charge is -2.02. The highest BCUT2D eigenvalue weighted by Crippen LogP contribution is 2.28. The van der Waals surface area contributed by atoms with Gasteiger partial charge in [0.1, 0.15) is 0 Å². The quantitative estimate of drug-likeness (QED) is 0.772. The van der Waals surface area contributed by atoms with Crippen LogP contribution in [0.2, 0.25) is 0 Å². The van der Waals surface area contributed by atoms with E-state index in [-0.39, 0.29) is 11.8 Å². The van der Waals surface area contributed by atoms with Gasteiger partial charge >= 0.3 is 0 Å². The molecule has 2 aromatic rings. The summed E-state index contributed by atoms with van der Waals surface area (Å²) in [4.78, 5) is 28.3. The summed E-state index contributed by atoms with van der Waals surface area (Å²) in [6.07, 6.45) is 3.88. The molecule has 0 saturated carbocycles. The number of thioether (sulfide) groups is 1. The van der Waals surface area contributed by atoms with E-state index in [1.54, 1.807) is 24.3 Å². The van der Waals surface area contributed by atoms with Crippen molar-refractivity contribution in [1.82, 2.24) is 5.32 Å². The van der Waals surface area contributed by atoms with Crippen molar-refractivity contribution >= 4 is 46.2 Å². The van der Waals surface area contributed by atoms with E-state index in [1.807, 2.05) is 49.4 Å². The first-order valence-electron chi connectivity index (χ1n) is 8.40. The lowest BCUT2D eigenvalue weighted by atomic mass is 10.1. The molecule has 0 spiro atoms. The minimum Gasteiger partial charge on any atom is -0.326 e. The maximum atomic E-state index is 12.2. The van der Waals surface area contributed by atoms with Crippen molar-refractivity contribution in [3.8, 4) is 0 Å². The van der Waals surface area contributed by atoms with Crippen LogP contribution in [0.1, 0.15) is 19.4 Å². The van der Waals surface area contributed by atoms with Crippen molar-refractivity contribution < 1.29 is 9.59 Å². The molecule has 3 rings (SSSR count). The predicted octanol–water partition coefficient (Wildman–Crippen LogP) is 4.48. The zero-order chi connectivity index (χ0) is 19.2. The molecule has 1 heterocycles. The van der Waals surface area contributed by atoms with Crippen LogP contribution in [-0.4, -0.2) is 17.0 Å². The van der Waals surface area contributed by atoms with Gasteiger partial charge in [-0.15, -0.1) is 0 Å². The topological polar surface area (TPSA) is 70.6 Å². The minimum absolute atomic E-state index is 0.124. The molecule has 2 N–H and O–H groups in total. The van der Waals surface area contributed by atoms with Crippen molar-refractivity contribution in [3.05, 3.63) is 76.7 Å². The Bertz CT molecular complexity index is 945. The molecule has 1 saturated heterocycles. The second kappa shape index (κ2) is 8.51. The minimum atomic E-state index is -0.158. The second-order valence-electron chi connectivity index (χ2n) is 6.01. The third-order valence-corrected chi connectivity index (χ3v) is 4.53. The molecular weight excluding hydrogens is 358 g/mol. The Morgan fingerprint density at radius 2 is 1.78 bits per heavy atom. The van der Waals surface area contributed by atoms with E-state index in [0.29, 0.717) is 21.4 Å². The van der Waals surface area contributed by atoms with Crippen LogP contribution in [0.5, 0.6) is 0 Å². The van der Waals surface area contributed by atoms with Gasteiger partial charge in [0.05, 0.1) is 10.6 Å². The molecular formula is C21H19N3O2S. The van der Waals surface area contributed by atoms with E-state index in [0.717, 1.165) is 11.1 Å². The van der Waals surface area contributed by atoms with Crippen molar-refractivity contribution in [2.75, 3.05) is 5.32 Å². The SMILES string of the molecule is CC(=O)Nc1ccc(N=C2NC(=O)C(=CC(C)=Cc3ccccc3)S2)cc1. The number of carbonyl (C=O) groups excluding carboxylic acids is 2. The summed E-state index contributed by atoms with van der Waals surface area (Å²) in [7, 11) is 0. The zero-order valence-corrected chi connectivity index (χ0v) is 15.8. The van der Waals surface area contributed by atoms with E-state index < -0.39 is 0 Å². The van der Waals surface area contributed by atoms with Gasteiger partial charge in [-0.05, 0) is 60.2 Å². The van der Waals surface area contributed by atoms with E-state index in [1.165, 1.54) is 18.7 Å². The van der Waals surface area contributed by atoms with Crippen molar-refractivity contribution in [2.24, 2.45) is 4.99 Å². The average Bonchev–Trinajstić information content (AvgIpc) is 2.96. The lowest BCUT2D eigenvalue weighted by Crippen LogP contribution is -2.19. The second-order valence-corrected chi connectivity index (χ2v) is 7.04. The van der Waals surface area contributed by atoms with Gasteiger partial charge in [0.25, 0.3) is 5.91 Å². The van der Waals surface area contributed by atoms with E-state index in [4.69, 9.17) is 0 Å². The number of nitrogens with zero attached hydrogens (tertiary/aromatic N) is 1. The molecule has 136 valence electrons. The molecule has 0 aromatic heterocycles. The molecule has 0 unspecified atom stereocenters. The molecule has 0 atom stereocenters. The summed E-state index contributed by atoms with van der Waals surface area (Å²) in [5.74, 6) is -0.282. The number of amides is 2. The fourth-order valence-corrected chi connectivity index (χ4v) is 3.37. The fraction of sp³-hybridized carbons (Fsp3) is 0.0952. The summed E-state index contributed by atoms with van der Waals surface area (Å²) in [5, 5.41) is 6.01. The largest absolute Gasteiger partial charge is 0.326 e. The third kappa shape index (κ3) is 5.43. The van der Waals surface area contributed by atoms with Crippen molar-refractivity contribution in [2.45, 2.75) is 13.8 Å². The summed E-state index contributed by atoms with van der Waals surface area (Å²) in [6.45, 7) is 3.42. The molecule has 1 aliphatic heterocycles. The first-order chi connectivity index (χ1) is 13.0. The monoisotopic (exact) mass is 377 g/mol. The Labute approximate surface area is 162 Å². The van der Waals surface area contributed by atoms with Crippen LogP contribution in [0.15, 0.2) is 76.1 Å². The number of hydrogen-bond donors (Lipinski definition) is 2. The smallest absolute Gasteiger partial charge is 0.264 e. The number of hydrogen-bond acceptors (Lipinski definition) is 4. The van der Waals surface area contributed by atoms with E-state index in [9.17, 15) is 9.59 Å². The summed E-state index contributed by atoms with van der Waals surface area (Å²) >= 11 is 1.31. The molecule has 2 amide bonds. The van der Waals surface area contributed by atoms with Crippen molar-refractivity contribution in [3.63, 3.8) is 0 Å². The molecule has 5 nitrogen and oxygen atoms in total. The van der Waals surface area contributed by atoms with Crippen LogP contribution in [-0.2, 0) is 9.59 Å². The zero-order valence-electron chi connectivity index (χ0n) is 15.0. The Morgan fingerprint density at radius 1 is 1.07 bits per heavy atom. The number of carbonyl (C=O) groups is 2. The summed E-state index contributed by atoms with van der Waals surface area (Å²) < 4.78 is 0. The highest BCUT2D eigenvalue weighted by atomic mass is 32.2. The maximum Gasteiger partial charge on any atom is 0.264 e. The molecule has 0 radical (unpaired) electrons. The van der Waals surface area contributed by atoms with Crippen LogP contribution >= 0.6 is 11.8 Å². The number of benzene rings is 2. The normalized spacial score (nSPS) is 17.3. The average molecular weight is 377 g/mol. The molecule has 6 heteroatoms. The first-order valence-corrected chi connectivity index (χ1v) is 9.22. The van der Waals surface area contributed by atoms with Crippen LogP contribution < -0.4 is 10.6 Å². The summed E-state index contributed by atoms with van der Waals surface area (Å²) in [6, 6.07) is 17.1. The molecule has 0 bridgehead atoms. The highest BCUT2D eigenvalue weighted by Gasteiger charge is 2.23. The Hall–Kier alpha value is -3.12. The molecule has 27 heavy (non-hydrogen) atoms. The standard InChI is InChI=1S/C21H19N3O2S/c1-14(12-16-6-4-3-5-7-16)13-19-20(26)24-21(27-19)23-18-10-8-17(9-11-18)22-15(2)25/h3-13H,1-2H3,(H,22,25)(H,23,24,26). The molecule has 0 aliphatic carbocycles. The summed E-state index contributed by atoms with van der Waals surface area (Å²) in [5.41, 5.74) is 3.48. The van der Waals surface area contributed by atoms with E-state index in [2.05, 4.69) is 15.6 Å². The van der Waals surface area contributed by atoms with E-state index >= 15 is 0 Å². The number of nitrogens with one attached hydrogen (secondary N) is 2. The maximum absolute atomic E-state index is 12.2.